The van der Waals surface area contributed by atoms with Crippen LogP contribution in [0, 0.1) is 5.41 Å². The molecule has 0 spiro atoms. The molecule has 30 heavy (non-hydrogen) atoms. The van der Waals surface area contributed by atoms with Gasteiger partial charge in [0.1, 0.15) is 5.82 Å². The van der Waals surface area contributed by atoms with Gasteiger partial charge in [0, 0.05) is 42.8 Å². The number of rotatable bonds is 3. The van der Waals surface area contributed by atoms with Crippen LogP contribution < -0.4 is 10.2 Å². The van der Waals surface area contributed by atoms with Gasteiger partial charge in [0.25, 0.3) is 0 Å². The second kappa shape index (κ2) is 7.47. The Hall–Kier alpha value is -2.79. The summed E-state index contributed by atoms with van der Waals surface area (Å²) in [7, 11) is 0. The maximum absolute atomic E-state index is 4.84. The van der Waals surface area contributed by atoms with Crippen molar-refractivity contribution in [3.05, 3.63) is 66.3 Å². The van der Waals surface area contributed by atoms with Crippen LogP contribution in [-0.4, -0.2) is 40.6 Å². The fraction of sp³-hybridized carbons (Fsp3) is 0.400. The lowest BCUT2D eigenvalue weighted by Gasteiger charge is -2.40. The molecule has 5 heteroatoms. The number of nitrogens with zero attached hydrogens (tertiary/aromatic N) is 4. The van der Waals surface area contributed by atoms with E-state index in [2.05, 4.69) is 67.4 Å². The average Bonchev–Trinajstić information content (AvgIpc) is 2.72. The van der Waals surface area contributed by atoms with Crippen molar-refractivity contribution in [1.29, 1.82) is 0 Å². The first-order valence-electron chi connectivity index (χ1n) is 10.8. The van der Waals surface area contributed by atoms with Crippen LogP contribution in [0.15, 0.2) is 54.9 Å². The average molecular weight is 400 g/mol. The van der Waals surface area contributed by atoms with E-state index in [0.29, 0.717) is 12.0 Å². The molecule has 1 fully saturated rings. The number of benzene rings is 1. The van der Waals surface area contributed by atoms with E-state index < -0.39 is 0 Å². The van der Waals surface area contributed by atoms with Gasteiger partial charge >= 0.3 is 0 Å². The van der Waals surface area contributed by atoms with Crippen molar-refractivity contribution in [2.45, 2.75) is 39.2 Å². The number of aromatic nitrogens is 3. The minimum atomic E-state index is 0.184. The topological polar surface area (TPSA) is 53.9 Å². The van der Waals surface area contributed by atoms with E-state index >= 15 is 0 Å². The molecule has 2 aromatic heterocycles. The van der Waals surface area contributed by atoms with Gasteiger partial charge in [-0.3, -0.25) is 9.97 Å². The number of pyridine rings is 1. The molecule has 2 aliphatic rings. The summed E-state index contributed by atoms with van der Waals surface area (Å²) in [6, 6.07) is 12.9. The van der Waals surface area contributed by atoms with Gasteiger partial charge in [0.15, 0.2) is 0 Å². The highest BCUT2D eigenvalue weighted by atomic mass is 15.2. The highest BCUT2D eigenvalue weighted by Crippen LogP contribution is 2.35. The zero-order chi connectivity index (χ0) is 20.7. The molecule has 1 unspecified atom stereocenters. The molecule has 0 saturated carbocycles. The number of hydrogen-bond acceptors (Lipinski definition) is 5. The molecule has 1 saturated heterocycles. The number of nitrogens with one attached hydrogen (secondary N) is 1. The summed E-state index contributed by atoms with van der Waals surface area (Å²) < 4.78 is 0. The van der Waals surface area contributed by atoms with Gasteiger partial charge < -0.3 is 10.2 Å². The van der Waals surface area contributed by atoms with E-state index in [0.717, 1.165) is 48.8 Å². The Bertz CT molecular complexity index is 1090. The number of hydrogen-bond donors (Lipinski definition) is 1. The van der Waals surface area contributed by atoms with Crippen LogP contribution in [0.4, 0.5) is 5.82 Å². The number of fused-ring (bicyclic) bond motifs is 1. The van der Waals surface area contributed by atoms with Gasteiger partial charge in [-0.15, -0.1) is 0 Å². The van der Waals surface area contributed by atoms with Crippen molar-refractivity contribution in [1.82, 2.24) is 20.3 Å². The van der Waals surface area contributed by atoms with Crippen LogP contribution in [-0.2, 0) is 0 Å². The molecule has 0 amide bonds. The second-order valence-corrected chi connectivity index (χ2v) is 9.49. The lowest BCUT2D eigenvalue weighted by molar-refractivity contribution is 0.310. The SMILES string of the molecule is CC(C)(C)C1C=C(c2nccnc2C2CN(c3ccc4ccccc4n3)C2)CCN1. The van der Waals surface area contributed by atoms with Crippen molar-refractivity contribution >= 4 is 22.3 Å². The number of anilines is 1. The molecular formula is C25H29N5. The first kappa shape index (κ1) is 19.2. The van der Waals surface area contributed by atoms with Gasteiger partial charge in [-0.2, -0.15) is 0 Å². The van der Waals surface area contributed by atoms with Crippen LogP contribution in [0.25, 0.3) is 16.5 Å². The summed E-state index contributed by atoms with van der Waals surface area (Å²) in [6.07, 6.45) is 7.03. The first-order valence-corrected chi connectivity index (χ1v) is 10.8. The Morgan fingerprint density at radius 2 is 1.80 bits per heavy atom. The predicted octanol–water partition coefficient (Wildman–Crippen LogP) is 4.42. The van der Waals surface area contributed by atoms with Crippen molar-refractivity contribution in [3.63, 3.8) is 0 Å². The molecule has 4 heterocycles. The summed E-state index contributed by atoms with van der Waals surface area (Å²) in [5.74, 6) is 1.44. The zero-order valence-electron chi connectivity index (χ0n) is 18.0. The van der Waals surface area contributed by atoms with Crippen molar-refractivity contribution in [2.75, 3.05) is 24.5 Å². The molecule has 5 rings (SSSR count). The van der Waals surface area contributed by atoms with Crippen LogP contribution in [0.3, 0.4) is 0 Å². The standard InChI is InChI=1S/C25H29N5/c1-25(2,3)21-14-18(10-11-26-21)23-24(28-13-12-27-23)19-15-30(16-19)22-9-8-17-6-4-5-7-20(17)29-22/h4-9,12-14,19,21,26H,10-11,15-16H2,1-3H3. The fourth-order valence-electron chi connectivity index (χ4n) is 4.42. The quantitative estimate of drug-likeness (QED) is 0.707. The van der Waals surface area contributed by atoms with E-state index in [1.165, 1.54) is 11.0 Å². The summed E-state index contributed by atoms with van der Waals surface area (Å²) in [4.78, 5) is 16.7. The third kappa shape index (κ3) is 3.58. The maximum Gasteiger partial charge on any atom is 0.129 e. The summed E-state index contributed by atoms with van der Waals surface area (Å²) in [5, 5.41) is 4.82. The van der Waals surface area contributed by atoms with E-state index in [1.54, 1.807) is 0 Å². The van der Waals surface area contributed by atoms with Crippen LogP contribution in [0.5, 0.6) is 0 Å². The van der Waals surface area contributed by atoms with Gasteiger partial charge in [-0.1, -0.05) is 45.0 Å². The van der Waals surface area contributed by atoms with Gasteiger partial charge in [0.05, 0.1) is 16.9 Å². The third-order valence-corrected chi connectivity index (χ3v) is 6.27. The van der Waals surface area contributed by atoms with Gasteiger partial charge in [-0.05, 0) is 42.2 Å². The van der Waals surface area contributed by atoms with E-state index in [-0.39, 0.29) is 5.41 Å². The molecule has 0 bridgehead atoms. The second-order valence-electron chi connectivity index (χ2n) is 9.49. The van der Waals surface area contributed by atoms with Crippen LogP contribution in [0.1, 0.15) is 44.5 Å². The van der Waals surface area contributed by atoms with E-state index in [4.69, 9.17) is 15.0 Å². The Kier molecular flexibility index (Phi) is 4.78. The predicted molar refractivity (Wildman–Crippen MR) is 123 cm³/mol. The number of para-hydroxylation sites is 1. The molecule has 0 aliphatic carbocycles. The summed E-state index contributed by atoms with van der Waals surface area (Å²) in [6.45, 7) is 9.70. The molecule has 3 aromatic rings. The molecule has 1 aromatic carbocycles. The zero-order valence-corrected chi connectivity index (χ0v) is 18.0. The normalized spacial score (nSPS) is 20.2. The first-order chi connectivity index (χ1) is 14.5. The van der Waals surface area contributed by atoms with Crippen LogP contribution in [0.2, 0.25) is 0 Å². The molecule has 2 aliphatic heterocycles. The molecule has 0 radical (unpaired) electrons. The van der Waals surface area contributed by atoms with Crippen molar-refractivity contribution in [3.8, 4) is 0 Å². The molecular weight excluding hydrogens is 370 g/mol. The molecule has 154 valence electrons. The lowest BCUT2D eigenvalue weighted by Crippen LogP contribution is -2.46. The fourth-order valence-corrected chi connectivity index (χ4v) is 4.42. The molecule has 1 N–H and O–H groups in total. The summed E-state index contributed by atoms with van der Waals surface area (Å²) >= 11 is 0. The van der Waals surface area contributed by atoms with Gasteiger partial charge in [-0.25, -0.2) is 4.98 Å². The Morgan fingerprint density at radius 1 is 1.00 bits per heavy atom. The third-order valence-electron chi connectivity index (χ3n) is 6.27. The highest BCUT2D eigenvalue weighted by molar-refractivity contribution is 5.80. The monoisotopic (exact) mass is 399 g/mol. The minimum Gasteiger partial charge on any atom is -0.355 e. The minimum absolute atomic E-state index is 0.184. The smallest absolute Gasteiger partial charge is 0.129 e. The Labute approximate surface area is 178 Å². The Morgan fingerprint density at radius 3 is 2.63 bits per heavy atom. The Balaban J connectivity index is 1.37. The largest absolute Gasteiger partial charge is 0.355 e. The van der Waals surface area contributed by atoms with Crippen molar-refractivity contribution in [2.24, 2.45) is 5.41 Å². The van der Waals surface area contributed by atoms with E-state index in [1.807, 2.05) is 18.5 Å². The summed E-state index contributed by atoms with van der Waals surface area (Å²) in [5.41, 5.74) is 4.79. The molecule has 1 atom stereocenters. The lowest BCUT2D eigenvalue weighted by atomic mass is 9.82. The highest BCUT2D eigenvalue weighted by Gasteiger charge is 2.34. The van der Waals surface area contributed by atoms with E-state index in [9.17, 15) is 0 Å². The van der Waals surface area contributed by atoms with Gasteiger partial charge in [0.2, 0.25) is 0 Å². The molecule has 5 nitrogen and oxygen atoms in total. The van der Waals surface area contributed by atoms with Crippen LogP contribution >= 0.6 is 0 Å². The maximum atomic E-state index is 4.84. The van der Waals surface area contributed by atoms with Crippen molar-refractivity contribution < 1.29 is 0 Å².